The Hall–Kier alpha value is -2.10. The quantitative estimate of drug-likeness (QED) is 0.868. The molecule has 0 atom stereocenters. The highest BCUT2D eigenvalue weighted by atomic mass is 15.0. The van der Waals surface area contributed by atoms with E-state index in [-0.39, 0.29) is 0 Å². The number of aryl methyl sites for hydroxylation is 2. The van der Waals surface area contributed by atoms with Crippen LogP contribution in [0.3, 0.4) is 0 Å². The third-order valence-corrected chi connectivity index (χ3v) is 2.98. The number of benzene rings is 1. The molecule has 0 amide bonds. The highest BCUT2D eigenvalue weighted by Gasteiger charge is 2.08. The van der Waals surface area contributed by atoms with Crippen LogP contribution in [0, 0.1) is 13.8 Å². The van der Waals surface area contributed by atoms with Crippen molar-refractivity contribution in [2.45, 2.75) is 27.2 Å². The molecule has 1 aromatic heterocycles. The van der Waals surface area contributed by atoms with E-state index in [9.17, 15) is 0 Å². The molecule has 4 nitrogen and oxygen atoms in total. The van der Waals surface area contributed by atoms with Crippen molar-refractivity contribution in [3.63, 3.8) is 0 Å². The van der Waals surface area contributed by atoms with Gasteiger partial charge in [0.1, 0.15) is 18.0 Å². The van der Waals surface area contributed by atoms with Gasteiger partial charge in [-0.25, -0.2) is 9.97 Å². The molecule has 0 unspecified atom stereocenters. The zero-order valence-electron chi connectivity index (χ0n) is 11.0. The Morgan fingerprint density at radius 2 is 2.00 bits per heavy atom. The second-order valence-electron chi connectivity index (χ2n) is 4.38. The molecule has 0 spiro atoms. The summed E-state index contributed by atoms with van der Waals surface area (Å²) in [5.74, 6) is 1.33. The highest BCUT2D eigenvalue weighted by molar-refractivity contribution is 5.66. The van der Waals surface area contributed by atoms with Crippen molar-refractivity contribution in [2.75, 3.05) is 11.1 Å². The summed E-state index contributed by atoms with van der Waals surface area (Å²) in [5.41, 5.74) is 10.3. The van der Waals surface area contributed by atoms with Crippen molar-refractivity contribution in [2.24, 2.45) is 0 Å². The van der Waals surface area contributed by atoms with Gasteiger partial charge in [0.25, 0.3) is 0 Å². The molecule has 0 saturated carbocycles. The van der Waals surface area contributed by atoms with Gasteiger partial charge in [0.05, 0.1) is 0 Å². The molecule has 0 radical (unpaired) electrons. The predicted octanol–water partition coefficient (Wildman–Crippen LogP) is 2.98. The first-order valence-electron chi connectivity index (χ1n) is 6.05. The second-order valence-corrected chi connectivity index (χ2v) is 4.38. The van der Waals surface area contributed by atoms with E-state index in [0.29, 0.717) is 5.82 Å². The summed E-state index contributed by atoms with van der Waals surface area (Å²) in [6, 6.07) is 6.29. The average molecular weight is 242 g/mol. The Morgan fingerprint density at radius 3 is 2.72 bits per heavy atom. The van der Waals surface area contributed by atoms with Crippen LogP contribution >= 0.6 is 0 Å². The number of hydrogen-bond donors (Lipinski definition) is 2. The smallest absolute Gasteiger partial charge is 0.139 e. The molecule has 0 saturated heterocycles. The molecule has 0 aliphatic heterocycles. The SMILES string of the molecule is CCc1c(N)ncnc1Nc1cc(C)ccc1C. The first kappa shape index (κ1) is 12.4. The molecule has 2 aromatic rings. The summed E-state index contributed by atoms with van der Waals surface area (Å²) in [4.78, 5) is 8.29. The maximum absolute atomic E-state index is 5.86. The maximum atomic E-state index is 5.86. The van der Waals surface area contributed by atoms with Crippen LogP contribution in [0.25, 0.3) is 0 Å². The maximum Gasteiger partial charge on any atom is 0.139 e. The minimum atomic E-state index is 0.542. The van der Waals surface area contributed by atoms with Crippen molar-refractivity contribution in [3.05, 3.63) is 41.2 Å². The first-order valence-corrected chi connectivity index (χ1v) is 6.05. The number of nitrogens with two attached hydrogens (primary N) is 1. The molecule has 4 heteroatoms. The lowest BCUT2D eigenvalue weighted by Gasteiger charge is -2.13. The standard InChI is InChI=1S/C14H18N4/c1-4-11-13(15)16-8-17-14(11)18-12-7-9(2)5-6-10(12)3/h5-8H,4H2,1-3H3,(H3,15,16,17,18). The Morgan fingerprint density at radius 1 is 1.22 bits per heavy atom. The number of anilines is 3. The van der Waals surface area contributed by atoms with Gasteiger partial charge in [-0.15, -0.1) is 0 Å². The van der Waals surface area contributed by atoms with Crippen LogP contribution in [-0.4, -0.2) is 9.97 Å². The van der Waals surface area contributed by atoms with E-state index in [1.54, 1.807) is 0 Å². The minimum absolute atomic E-state index is 0.542. The normalized spacial score (nSPS) is 10.4. The van der Waals surface area contributed by atoms with Crippen LogP contribution in [0.2, 0.25) is 0 Å². The van der Waals surface area contributed by atoms with Gasteiger partial charge < -0.3 is 11.1 Å². The van der Waals surface area contributed by atoms with Crippen LogP contribution in [0.15, 0.2) is 24.5 Å². The predicted molar refractivity (Wildman–Crippen MR) is 75.0 cm³/mol. The molecule has 1 heterocycles. The molecule has 0 fully saturated rings. The molecular formula is C14H18N4. The lowest BCUT2D eigenvalue weighted by atomic mass is 10.1. The van der Waals surface area contributed by atoms with Gasteiger partial charge in [-0.1, -0.05) is 19.1 Å². The zero-order valence-corrected chi connectivity index (χ0v) is 11.0. The monoisotopic (exact) mass is 242 g/mol. The minimum Gasteiger partial charge on any atom is -0.383 e. The third kappa shape index (κ3) is 2.42. The van der Waals surface area contributed by atoms with Crippen LogP contribution in [0.1, 0.15) is 23.6 Å². The lowest BCUT2D eigenvalue weighted by Crippen LogP contribution is -2.05. The fraction of sp³-hybridized carbons (Fsp3) is 0.286. The van der Waals surface area contributed by atoms with E-state index in [1.807, 2.05) is 6.92 Å². The summed E-state index contributed by atoms with van der Waals surface area (Å²) < 4.78 is 0. The molecule has 18 heavy (non-hydrogen) atoms. The Balaban J connectivity index is 2.40. The largest absolute Gasteiger partial charge is 0.383 e. The van der Waals surface area contributed by atoms with Crippen LogP contribution in [0.4, 0.5) is 17.3 Å². The average Bonchev–Trinajstić information content (AvgIpc) is 2.34. The molecular weight excluding hydrogens is 224 g/mol. The van der Waals surface area contributed by atoms with Crippen molar-refractivity contribution in [1.82, 2.24) is 9.97 Å². The van der Waals surface area contributed by atoms with Crippen LogP contribution in [0.5, 0.6) is 0 Å². The summed E-state index contributed by atoms with van der Waals surface area (Å²) >= 11 is 0. The highest BCUT2D eigenvalue weighted by Crippen LogP contribution is 2.25. The molecule has 1 aromatic carbocycles. The third-order valence-electron chi connectivity index (χ3n) is 2.98. The second kappa shape index (κ2) is 5.04. The lowest BCUT2D eigenvalue weighted by molar-refractivity contribution is 1.06. The summed E-state index contributed by atoms with van der Waals surface area (Å²) in [5, 5.41) is 3.34. The van der Waals surface area contributed by atoms with E-state index < -0.39 is 0 Å². The fourth-order valence-electron chi connectivity index (χ4n) is 1.88. The summed E-state index contributed by atoms with van der Waals surface area (Å²) in [7, 11) is 0. The fourth-order valence-corrected chi connectivity index (χ4v) is 1.88. The van der Waals surface area contributed by atoms with E-state index in [4.69, 9.17) is 5.73 Å². The van der Waals surface area contributed by atoms with E-state index >= 15 is 0 Å². The van der Waals surface area contributed by atoms with E-state index in [0.717, 1.165) is 23.5 Å². The molecule has 0 bridgehead atoms. The number of nitrogens with zero attached hydrogens (tertiary/aromatic N) is 2. The number of nitrogen functional groups attached to an aromatic ring is 1. The Kier molecular flexibility index (Phi) is 3.46. The van der Waals surface area contributed by atoms with Crippen LogP contribution in [-0.2, 0) is 6.42 Å². The van der Waals surface area contributed by atoms with E-state index in [2.05, 4.69) is 47.3 Å². The Bertz CT molecular complexity index is 564. The number of hydrogen-bond acceptors (Lipinski definition) is 4. The summed E-state index contributed by atoms with van der Waals surface area (Å²) in [6.45, 7) is 6.18. The zero-order chi connectivity index (χ0) is 13.1. The molecule has 0 aliphatic rings. The van der Waals surface area contributed by atoms with Gasteiger partial charge in [-0.05, 0) is 37.5 Å². The first-order chi connectivity index (χ1) is 8.61. The molecule has 0 aliphatic carbocycles. The van der Waals surface area contributed by atoms with Crippen LogP contribution < -0.4 is 11.1 Å². The van der Waals surface area contributed by atoms with Gasteiger partial charge in [-0.3, -0.25) is 0 Å². The van der Waals surface area contributed by atoms with Gasteiger partial charge >= 0.3 is 0 Å². The molecule has 94 valence electrons. The topological polar surface area (TPSA) is 63.8 Å². The summed E-state index contributed by atoms with van der Waals surface area (Å²) in [6.07, 6.45) is 2.29. The van der Waals surface area contributed by atoms with Gasteiger partial charge in [0, 0.05) is 11.3 Å². The Labute approximate surface area is 107 Å². The number of rotatable bonds is 3. The van der Waals surface area contributed by atoms with Crippen molar-refractivity contribution >= 4 is 17.3 Å². The van der Waals surface area contributed by atoms with Crippen molar-refractivity contribution in [1.29, 1.82) is 0 Å². The van der Waals surface area contributed by atoms with Gasteiger partial charge in [0.15, 0.2) is 0 Å². The molecule has 2 rings (SSSR count). The van der Waals surface area contributed by atoms with Crippen molar-refractivity contribution < 1.29 is 0 Å². The van der Waals surface area contributed by atoms with Crippen molar-refractivity contribution in [3.8, 4) is 0 Å². The van der Waals surface area contributed by atoms with E-state index in [1.165, 1.54) is 17.5 Å². The van der Waals surface area contributed by atoms with Gasteiger partial charge in [-0.2, -0.15) is 0 Å². The van der Waals surface area contributed by atoms with Gasteiger partial charge in [0.2, 0.25) is 0 Å². The molecule has 3 N–H and O–H groups in total. The number of aromatic nitrogens is 2. The number of nitrogens with one attached hydrogen (secondary N) is 1.